The fourth-order valence-electron chi connectivity index (χ4n) is 3.15. The van der Waals surface area contributed by atoms with Gasteiger partial charge in [0.2, 0.25) is 5.91 Å². The van der Waals surface area contributed by atoms with Crippen LogP contribution in [0.25, 0.3) is 0 Å². The van der Waals surface area contributed by atoms with Crippen LogP contribution in [0.4, 0.5) is 0 Å². The van der Waals surface area contributed by atoms with Crippen molar-refractivity contribution in [2.45, 2.75) is 45.6 Å². The SMILES string of the molecule is CC[C@H](NC(=O)CC1CCN(CC)CC1)c1ccc(O)cc1. The Kier molecular flexibility index (Phi) is 6.25. The minimum atomic E-state index is 0.0313. The summed E-state index contributed by atoms with van der Waals surface area (Å²) in [6.07, 6.45) is 3.73. The number of phenols is 1. The van der Waals surface area contributed by atoms with Crippen molar-refractivity contribution in [3.05, 3.63) is 29.8 Å². The maximum Gasteiger partial charge on any atom is 0.220 e. The van der Waals surface area contributed by atoms with Crippen LogP contribution in [-0.2, 0) is 4.79 Å². The van der Waals surface area contributed by atoms with Crippen molar-refractivity contribution in [2.24, 2.45) is 5.92 Å². The van der Waals surface area contributed by atoms with Crippen molar-refractivity contribution in [1.29, 1.82) is 0 Å². The molecule has 1 fully saturated rings. The van der Waals surface area contributed by atoms with Gasteiger partial charge in [0, 0.05) is 6.42 Å². The van der Waals surface area contributed by atoms with E-state index >= 15 is 0 Å². The fraction of sp³-hybridized carbons (Fsp3) is 0.611. The third-order valence-corrected chi connectivity index (χ3v) is 4.67. The molecule has 0 radical (unpaired) electrons. The van der Waals surface area contributed by atoms with E-state index in [4.69, 9.17) is 0 Å². The number of hydrogen-bond acceptors (Lipinski definition) is 3. The quantitative estimate of drug-likeness (QED) is 0.849. The Balaban J connectivity index is 1.83. The van der Waals surface area contributed by atoms with Crippen LogP contribution in [0.15, 0.2) is 24.3 Å². The second kappa shape index (κ2) is 8.18. The van der Waals surface area contributed by atoms with Crippen LogP contribution in [0.2, 0.25) is 0 Å². The number of carbonyl (C=O) groups is 1. The van der Waals surface area contributed by atoms with E-state index in [1.165, 1.54) is 0 Å². The molecule has 1 aliphatic rings. The Morgan fingerprint density at radius 2 is 1.91 bits per heavy atom. The smallest absolute Gasteiger partial charge is 0.220 e. The molecular weight excluding hydrogens is 276 g/mol. The molecular formula is C18H28N2O2. The van der Waals surface area contributed by atoms with Gasteiger partial charge in [-0.25, -0.2) is 0 Å². The Hall–Kier alpha value is -1.55. The zero-order chi connectivity index (χ0) is 15.9. The molecule has 0 spiro atoms. The van der Waals surface area contributed by atoms with Crippen LogP contribution in [0.3, 0.4) is 0 Å². The van der Waals surface area contributed by atoms with Gasteiger partial charge in [0.1, 0.15) is 5.75 Å². The molecule has 1 aliphatic heterocycles. The summed E-state index contributed by atoms with van der Waals surface area (Å²) in [5.74, 6) is 0.919. The minimum Gasteiger partial charge on any atom is -0.508 e. The highest BCUT2D eigenvalue weighted by molar-refractivity contribution is 5.76. The number of aromatic hydroxyl groups is 1. The average Bonchev–Trinajstić information content (AvgIpc) is 2.54. The number of amides is 1. The summed E-state index contributed by atoms with van der Waals surface area (Å²) >= 11 is 0. The van der Waals surface area contributed by atoms with Gasteiger partial charge in [-0.05, 0) is 62.5 Å². The fourth-order valence-corrected chi connectivity index (χ4v) is 3.15. The molecule has 0 unspecified atom stereocenters. The number of likely N-dealkylation sites (tertiary alicyclic amines) is 1. The van der Waals surface area contributed by atoms with Gasteiger partial charge in [-0.2, -0.15) is 0 Å². The molecule has 1 atom stereocenters. The molecule has 2 rings (SSSR count). The Bertz CT molecular complexity index is 464. The minimum absolute atomic E-state index is 0.0313. The molecule has 1 heterocycles. The molecule has 0 aliphatic carbocycles. The van der Waals surface area contributed by atoms with Gasteiger partial charge in [0.25, 0.3) is 0 Å². The van der Waals surface area contributed by atoms with Crippen molar-refractivity contribution in [3.63, 3.8) is 0 Å². The van der Waals surface area contributed by atoms with Gasteiger partial charge in [-0.3, -0.25) is 4.79 Å². The van der Waals surface area contributed by atoms with Crippen LogP contribution in [0.1, 0.15) is 51.1 Å². The van der Waals surface area contributed by atoms with Crippen molar-refractivity contribution < 1.29 is 9.90 Å². The summed E-state index contributed by atoms with van der Waals surface area (Å²) in [5.41, 5.74) is 1.05. The summed E-state index contributed by atoms with van der Waals surface area (Å²) < 4.78 is 0. The second-order valence-electron chi connectivity index (χ2n) is 6.20. The van der Waals surface area contributed by atoms with Crippen molar-refractivity contribution in [3.8, 4) is 5.75 Å². The number of benzene rings is 1. The number of rotatable bonds is 6. The average molecular weight is 304 g/mol. The first-order valence-corrected chi connectivity index (χ1v) is 8.43. The first-order valence-electron chi connectivity index (χ1n) is 8.43. The summed E-state index contributed by atoms with van der Waals surface area (Å²) in [6, 6.07) is 7.13. The number of piperidine rings is 1. The lowest BCUT2D eigenvalue weighted by Crippen LogP contribution is -2.36. The van der Waals surface area contributed by atoms with Crippen LogP contribution in [-0.4, -0.2) is 35.5 Å². The van der Waals surface area contributed by atoms with Crippen LogP contribution < -0.4 is 5.32 Å². The molecule has 1 aromatic rings. The topological polar surface area (TPSA) is 52.6 Å². The van der Waals surface area contributed by atoms with E-state index in [0.717, 1.165) is 44.5 Å². The Morgan fingerprint density at radius 3 is 2.45 bits per heavy atom. The summed E-state index contributed by atoms with van der Waals surface area (Å²) in [5, 5.41) is 12.5. The Labute approximate surface area is 133 Å². The number of hydrogen-bond donors (Lipinski definition) is 2. The Morgan fingerprint density at radius 1 is 1.27 bits per heavy atom. The summed E-state index contributed by atoms with van der Waals surface area (Å²) in [7, 11) is 0. The molecule has 0 saturated carbocycles. The monoisotopic (exact) mass is 304 g/mol. The van der Waals surface area contributed by atoms with Gasteiger partial charge in [0.15, 0.2) is 0 Å². The largest absolute Gasteiger partial charge is 0.508 e. The molecule has 1 aromatic carbocycles. The molecule has 2 N–H and O–H groups in total. The predicted octanol–water partition coefficient (Wildman–Crippen LogP) is 3.08. The van der Waals surface area contributed by atoms with Crippen LogP contribution >= 0.6 is 0 Å². The summed E-state index contributed by atoms with van der Waals surface area (Å²) in [6.45, 7) is 7.60. The van der Waals surface area contributed by atoms with Crippen molar-refractivity contribution in [2.75, 3.05) is 19.6 Å². The third-order valence-electron chi connectivity index (χ3n) is 4.67. The lowest BCUT2D eigenvalue weighted by atomic mass is 9.93. The first-order chi connectivity index (χ1) is 10.6. The van der Waals surface area contributed by atoms with Gasteiger partial charge in [0.05, 0.1) is 6.04 Å². The highest BCUT2D eigenvalue weighted by atomic mass is 16.3. The normalized spacial score (nSPS) is 18.1. The predicted molar refractivity (Wildman–Crippen MR) is 88.7 cm³/mol. The van der Waals surface area contributed by atoms with E-state index in [0.29, 0.717) is 12.3 Å². The standard InChI is InChI=1S/C18H28N2O2/c1-3-17(15-5-7-16(21)8-6-15)19-18(22)13-14-9-11-20(4-2)12-10-14/h5-8,14,17,21H,3-4,9-13H2,1-2H3,(H,19,22)/t17-/m0/s1. The molecule has 1 saturated heterocycles. The second-order valence-corrected chi connectivity index (χ2v) is 6.20. The van der Waals surface area contributed by atoms with Crippen molar-refractivity contribution >= 4 is 5.91 Å². The summed E-state index contributed by atoms with van der Waals surface area (Å²) in [4.78, 5) is 14.7. The van der Waals surface area contributed by atoms with Gasteiger partial charge in [-0.1, -0.05) is 26.0 Å². The molecule has 22 heavy (non-hydrogen) atoms. The number of carbonyl (C=O) groups excluding carboxylic acids is 1. The molecule has 0 bridgehead atoms. The van der Waals surface area contributed by atoms with Gasteiger partial charge in [-0.15, -0.1) is 0 Å². The lowest BCUT2D eigenvalue weighted by Gasteiger charge is -2.31. The molecule has 4 heteroatoms. The zero-order valence-electron chi connectivity index (χ0n) is 13.7. The lowest BCUT2D eigenvalue weighted by molar-refractivity contribution is -0.123. The van der Waals surface area contributed by atoms with E-state index in [9.17, 15) is 9.90 Å². The number of phenolic OH excluding ortho intramolecular Hbond substituents is 1. The molecule has 0 aromatic heterocycles. The first kappa shape index (κ1) is 16.8. The molecule has 1 amide bonds. The van der Waals surface area contributed by atoms with Crippen LogP contribution in [0.5, 0.6) is 5.75 Å². The highest BCUT2D eigenvalue weighted by Crippen LogP contribution is 2.23. The maximum atomic E-state index is 12.3. The molecule has 122 valence electrons. The van der Waals surface area contributed by atoms with E-state index in [2.05, 4.69) is 24.1 Å². The molecule has 4 nitrogen and oxygen atoms in total. The number of nitrogens with one attached hydrogen (secondary N) is 1. The van der Waals surface area contributed by atoms with Gasteiger partial charge >= 0.3 is 0 Å². The zero-order valence-corrected chi connectivity index (χ0v) is 13.7. The van der Waals surface area contributed by atoms with E-state index in [-0.39, 0.29) is 17.7 Å². The van der Waals surface area contributed by atoms with E-state index in [1.54, 1.807) is 12.1 Å². The van der Waals surface area contributed by atoms with E-state index < -0.39 is 0 Å². The van der Waals surface area contributed by atoms with Gasteiger partial charge < -0.3 is 15.3 Å². The van der Waals surface area contributed by atoms with Crippen LogP contribution in [0, 0.1) is 5.92 Å². The maximum absolute atomic E-state index is 12.3. The van der Waals surface area contributed by atoms with Crippen molar-refractivity contribution in [1.82, 2.24) is 10.2 Å². The number of nitrogens with zero attached hydrogens (tertiary/aromatic N) is 1. The highest BCUT2D eigenvalue weighted by Gasteiger charge is 2.21. The van der Waals surface area contributed by atoms with E-state index in [1.807, 2.05) is 12.1 Å². The third kappa shape index (κ3) is 4.73.